The number of methoxy groups -OCH3 is 1. The minimum absolute atomic E-state index is 0.300. The van der Waals surface area contributed by atoms with Crippen LogP contribution in [0.4, 0.5) is 0 Å². The van der Waals surface area contributed by atoms with Crippen molar-refractivity contribution in [2.24, 2.45) is 14.1 Å². The highest BCUT2D eigenvalue weighted by molar-refractivity contribution is 5.91. The Morgan fingerprint density at radius 1 is 1.08 bits per heavy atom. The molecule has 25 heavy (non-hydrogen) atoms. The van der Waals surface area contributed by atoms with Crippen LogP contribution in [0.2, 0.25) is 0 Å². The molecule has 2 rings (SSSR count). The fourth-order valence-electron chi connectivity index (χ4n) is 2.66. The number of nitrogens with zero attached hydrogens (tertiary/aromatic N) is 4. The number of carbonyl (C=O) groups is 2. The van der Waals surface area contributed by atoms with Gasteiger partial charge in [-0.3, -0.25) is 9.36 Å². The molecule has 0 spiro atoms. The fourth-order valence-corrected chi connectivity index (χ4v) is 2.66. The molecule has 0 amide bonds. The molecule has 0 unspecified atom stereocenters. The highest BCUT2D eigenvalue weighted by Gasteiger charge is 2.18. The van der Waals surface area contributed by atoms with Crippen LogP contribution in [-0.4, -0.2) is 45.2 Å². The van der Waals surface area contributed by atoms with Crippen molar-refractivity contribution in [1.29, 1.82) is 0 Å². The molecule has 0 saturated heterocycles. The average molecular weight is 348 g/mol. The van der Waals surface area contributed by atoms with Gasteiger partial charge in [0.1, 0.15) is 5.56 Å². The van der Waals surface area contributed by atoms with Crippen LogP contribution in [0.1, 0.15) is 50.8 Å². The van der Waals surface area contributed by atoms with E-state index >= 15 is 0 Å². The van der Waals surface area contributed by atoms with Crippen molar-refractivity contribution in [3.05, 3.63) is 34.4 Å². The summed E-state index contributed by atoms with van der Waals surface area (Å²) in [5.41, 5.74) is 3.25. The Hall–Kier alpha value is -2.64. The summed E-state index contributed by atoms with van der Waals surface area (Å²) in [5.74, 6) is -0.783. The molecule has 0 aliphatic heterocycles. The molecule has 8 heteroatoms. The number of carbonyl (C=O) groups excluding carboxylic acids is 2. The molecular weight excluding hydrogens is 324 g/mol. The number of unbranched alkanes of at least 4 members (excludes halogenated alkanes) is 1. The van der Waals surface area contributed by atoms with Gasteiger partial charge in [-0.25, -0.2) is 9.59 Å². The van der Waals surface area contributed by atoms with Gasteiger partial charge < -0.3 is 9.47 Å². The molecule has 0 bridgehead atoms. The van der Waals surface area contributed by atoms with Crippen molar-refractivity contribution in [1.82, 2.24) is 19.6 Å². The lowest BCUT2D eigenvalue weighted by Crippen LogP contribution is -2.09. The molecule has 136 valence electrons. The van der Waals surface area contributed by atoms with Crippen LogP contribution in [0, 0.1) is 13.8 Å². The zero-order chi connectivity index (χ0) is 18.6. The number of esters is 2. The lowest BCUT2D eigenvalue weighted by molar-refractivity contribution is 0.0495. The Balaban J connectivity index is 1.79. The highest BCUT2D eigenvalue weighted by Crippen LogP contribution is 2.14. The lowest BCUT2D eigenvalue weighted by Gasteiger charge is -2.05. The van der Waals surface area contributed by atoms with E-state index in [2.05, 4.69) is 14.9 Å². The minimum atomic E-state index is -0.446. The van der Waals surface area contributed by atoms with Crippen LogP contribution in [0.25, 0.3) is 0 Å². The third kappa shape index (κ3) is 4.26. The van der Waals surface area contributed by atoms with Gasteiger partial charge in [0.25, 0.3) is 0 Å². The summed E-state index contributed by atoms with van der Waals surface area (Å²) >= 11 is 0. The smallest absolute Gasteiger partial charge is 0.358 e. The first kappa shape index (κ1) is 18.7. The molecule has 0 aromatic carbocycles. The highest BCUT2D eigenvalue weighted by atomic mass is 16.5. The Labute approximate surface area is 146 Å². The first-order chi connectivity index (χ1) is 11.8. The monoisotopic (exact) mass is 348 g/mol. The normalized spacial score (nSPS) is 10.8. The second kappa shape index (κ2) is 7.96. The van der Waals surface area contributed by atoms with Crippen LogP contribution in [0.3, 0.4) is 0 Å². The summed E-state index contributed by atoms with van der Waals surface area (Å²) in [4.78, 5) is 23.6. The standard InChI is InChI=1S/C17H24N4O4/c1-11-15(12(2)20(3)18-11)17(23)25-9-7-6-8-13-10-14(16(22)24-5)19-21(13)4/h10H,6-9H2,1-5H3. The van der Waals surface area contributed by atoms with Gasteiger partial charge in [0.15, 0.2) is 5.69 Å². The van der Waals surface area contributed by atoms with Gasteiger partial charge in [-0.05, 0) is 39.2 Å². The predicted molar refractivity (Wildman–Crippen MR) is 90.5 cm³/mol. The minimum Gasteiger partial charge on any atom is -0.464 e. The van der Waals surface area contributed by atoms with Gasteiger partial charge in [-0.15, -0.1) is 0 Å². The predicted octanol–water partition coefficient (Wildman–Crippen LogP) is 1.74. The Morgan fingerprint density at radius 2 is 1.80 bits per heavy atom. The fraction of sp³-hybridized carbons (Fsp3) is 0.529. The van der Waals surface area contributed by atoms with E-state index in [9.17, 15) is 9.59 Å². The quantitative estimate of drug-likeness (QED) is 0.559. The molecule has 0 aliphatic carbocycles. The summed E-state index contributed by atoms with van der Waals surface area (Å²) in [5, 5.41) is 8.33. The van der Waals surface area contributed by atoms with Gasteiger partial charge in [-0.2, -0.15) is 10.2 Å². The molecular formula is C17H24N4O4. The van der Waals surface area contributed by atoms with Crippen molar-refractivity contribution < 1.29 is 19.1 Å². The third-order valence-corrected chi connectivity index (χ3v) is 4.14. The largest absolute Gasteiger partial charge is 0.464 e. The molecule has 0 N–H and O–H groups in total. The summed E-state index contributed by atoms with van der Waals surface area (Å²) in [6.45, 7) is 3.98. The van der Waals surface area contributed by atoms with Crippen molar-refractivity contribution >= 4 is 11.9 Å². The van der Waals surface area contributed by atoms with Crippen molar-refractivity contribution in [2.75, 3.05) is 13.7 Å². The maximum atomic E-state index is 12.2. The van der Waals surface area contributed by atoms with Crippen LogP contribution in [-0.2, 0) is 30.0 Å². The Kier molecular flexibility index (Phi) is 5.95. The number of rotatable bonds is 7. The van der Waals surface area contributed by atoms with Crippen LogP contribution < -0.4 is 0 Å². The topological polar surface area (TPSA) is 88.2 Å². The SMILES string of the molecule is COC(=O)c1cc(CCCCOC(=O)c2c(C)nn(C)c2C)n(C)n1. The Bertz CT molecular complexity index is 776. The van der Waals surface area contributed by atoms with Crippen LogP contribution in [0.15, 0.2) is 6.07 Å². The number of hydrogen-bond donors (Lipinski definition) is 0. The van der Waals surface area contributed by atoms with Crippen molar-refractivity contribution in [3.8, 4) is 0 Å². The van der Waals surface area contributed by atoms with Gasteiger partial charge in [0.2, 0.25) is 0 Å². The van der Waals surface area contributed by atoms with E-state index in [-0.39, 0.29) is 5.97 Å². The zero-order valence-corrected chi connectivity index (χ0v) is 15.3. The summed E-state index contributed by atoms with van der Waals surface area (Å²) in [7, 11) is 4.92. The molecule has 2 aromatic rings. The van der Waals surface area contributed by atoms with E-state index < -0.39 is 5.97 Å². The second-order valence-corrected chi connectivity index (χ2v) is 5.90. The molecule has 0 fully saturated rings. The van der Waals surface area contributed by atoms with Gasteiger partial charge in [0.05, 0.1) is 19.4 Å². The molecule has 2 aromatic heterocycles. The van der Waals surface area contributed by atoms with E-state index in [1.165, 1.54) is 7.11 Å². The summed E-state index contributed by atoms with van der Waals surface area (Å²) < 4.78 is 13.3. The molecule has 0 atom stereocenters. The van der Waals surface area contributed by atoms with Crippen molar-refractivity contribution in [3.63, 3.8) is 0 Å². The van der Waals surface area contributed by atoms with E-state index in [1.807, 2.05) is 6.92 Å². The molecule has 0 aliphatic rings. The van der Waals surface area contributed by atoms with E-state index in [0.717, 1.165) is 30.7 Å². The Morgan fingerprint density at radius 3 is 2.40 bits per heavy atom. The van der Waals surface area contributed by atoms with E-state index in [0.29, 0.717) is 23.6 Å². The summed E-state index contributed by atoms with van der Waals surface area (Å²) in [6, 6.07) is 1.72. The van der Waals surface area contributed by atoms with Gasteiger partial charge in [-0.1, -0.05) is 0 Å². The second-order valence-electron chi connectivity index (χ2n) is 5.90. The van der Waals surface area contributed by atoms with E-state index in [4.69, 9.17) is 4.74 Å². The van der Waals surface area contributed by atoms with Crippen molar-refractivity contribution in [2.45, 2.75) is 33.1 Å². The number of aryl methyl sites for hydroxylation is 4. The molecule has 8 nitrogen and oxygen atoms in total. The number of hydrogen-bond acceptors (Lipinski definition) is 6. The maximum absolute atomic E-state index is 12.2. The maximum Gasteiger partial charge on any atom is 0.358 e. The molecule has 2 heterocycles. The molecule has 0 radical (unpaired) electrons. The zero-order valence-electron chi connectivity index (χ0n) is 15.3. The van der Waals surface area contributed by atoms with E-state index in [1.54, 1.807) is 36.4 Å². The van der Waals surface area contributed by atoms with Gasteiger partial charge in [0, 0.05) is 25.5 Å². The first-order valence-corrected chi connectivity index (χ1v) is 8.13. The van der Waals surface area contributed by atoms with Crippen LogP contribution in [0.5, 0.6) is 0 Å². The third-order valence-electron chi connectivity index (χ3n) is 4.14. The lowest BCUT2D eigenvalue weighted by atomic mass is 10.2. The average Bonchev–Trinajstić information content (AvgIpc) is 3.06. The first-order valence-electron chi connectivity index (χ1n) is 8.13. The van der Waals surface area contributed by atoms with Gasteiger partial charge >= 0.3 is 11.9 Å². The molecule has 0 saturated carbocycles. The summed E-state index contributed by atoms with van der Waals surface area (Å²) in [6.07, 6.45) is 2.28. The number of ether oxygens (including phenoxy) is 2. The number of aromatic nitrogens is 4. The van der Waals surface area contributed by atoms with Crippen LogP contribution >= 0.6 is 0 Å².